The molecule has 146 valence electrons. The Kier molecular flexibility index (Phi) is 7.21. The summed E-state index contributed by atoms with van der Waals surface area (Å²) in [7, 11) is 0. The molecule has 0 bridgehead atoms. The van der Waals surface area contributed by atoms with Crippen LogP contribution in [0.1, 0.15) is 22.8 Å². The Morgan fingerprint density at radius 2 is 1.86 bits per heavy atom. The van der Waals surface area contributed by atoms with Gasteiger partial charge in [-0.25, -0.2) is 0 Å². The highest BCUT2D eigenvalue weighted by Crippen LogP contribution is 2.13. The number of ether oxygens (including phenoxy) is 1. The molecule has 0 saturated carbocycles. The Morgan fingerprint density at radius 3 is 2.57 bits per heavy atom. The number of amides is 2. The van der Waals surface area contributed by atoms with Crippen molar-refractivity contribution in [2.75, 3.05) is 18.5 Å². The molecule has 2 N–H and O–H groups in total. The number of carbonyl (C=O) groups excluding carboxylic acids is 3. The molecule has 0 aromatic heterocycles. The van der Waals surface area contributed by atoms with E-state index in [0.717, 1.165) is 18.1 Å². The van der Waals surface area contributed by atoms with Crippen molar-refractivity contribution in [3.63, 3.8) is 0 Å². The van der Waals surface area contributed by atoms with Crippen molar-refractivity contribution in [3.8, 4) is 0 Å². The van der Waals surface area contributed by atoms with Crippen LogP contribution in [0.4, 0.5) is 11.4 Å². The van der Waals surface area contributed by atoms with Gasteiger partial charge in [-0.3, -0.25) is 24.5 Å². The van der Waals surface area contributed by atoms with Crippen molar-refractivity contribution < 1.29 is 24.0 Å². The van der Waals surface area contributed by atoms with Gasteiger partial charge >= 0.3 is 5.97 Å². The van der Waals surface area contributed by atoms with Crippen molar-refractivity contribution >= 4 is 29.2 Å². The van der Waals surface area contributed by atoms with Gasteiger partial charge in [-0.05, 0) is 30.2 Å². The minimum atomic E-state index is -0.809. The Morgan fingerprint density at radius 1 is 1.11 bits per heavy atom. The minimum absolute atomic E-state index is 0.0375. The average molecular weight is 385 g/mol. The van der Waals surface area contributed by atoms with Crippen molar-refractivity contribution in [3.05, 3.63) is 69.8 Å². The molecule has 0 aliphatic heterocycles. The zero-order valence-electron chi connectivity index (χ0n) is 15.1. The number of nitro groups is 1. The maximum absolute atomic E-state index is 11.9. The normalized spacial score (nSPS) is 10.0. The van der Waals surface area contributed by atoms with Crippen LogP contribution in [-0.4, -0.2) is 35.9 Å². The van der Waals surface area contributed by atoms with Crippen molar-refractivity contribution in [2.24, 2.45) is 0 Å². The molecule has 2 amide bonds. The van der Waals surface area contributed by atoms with Gasteiger partial charge in [0.1, 0.15) is 6.54 Å². The van der Waals surface area contributed by atoms with Crippen molar-refractivity contribution in [1.82, 2.24) is 5.32 Å². The molecule has 0 heterocycles. The molecule has 0 aliphatic rings. The van der Waals surface area contributed by atoms with Gasteiger partial charge in [0.25, 0.3) is 17.5 Å². The largest absolute Gasteiger partial charge is 0.454 e. The number of nitrogens with one attached hydrogen (secondary N) is 2. The molecule has 28 heavy (non-hydrogen) atoms. The number of hydrogen-bond acceptors (Lipinski definition) is 6. The number of nitro benzene ring substituents is 1. The first-order valence-electron chi connectivity index (χ1n) is 8.46. The number of carbonyl (C=O) groups is 3. The summed E-state index contributed by atoms with van der Waals surface area (Å²) in [5.74, 6) is -1.98. The van der Waals surface area contributed by atoms with Crippen LogP contribution in [0.5, 0.6) is 0 Å². The van der Waals surface area contributed by atoms with Crippen LogP contribution in [-0.2, 0) is 20.7 Å². The number of hydrogen-bond donors (Lipinski definition) is 2. The lowest BCUT2D eigenvalue weighted by Gasteiger charge is -2.08. The first-order chi connectivity index (χ1) is 13.4. The van der Waals surface area contributed by atoms with Crippen LogP contribution in [0.25, 0.3) is 0 Å². The molecule has 2 aromatic rings. The van der Waals surface area contributed by atoms with E-state index in [9.17, 15) is 24.5 Å². The van der Waals surface area contributed by atoms with Crippen LogP contribution in [0, 0.1) is 10.1 Å². The van der Waals surface area contributed by atoms with Gasteiger partial charge in [-0.1, -0.05) is 25.1 Å². The number of non-ortho nitro benzene ring substituents is 1. The van der Waals surface area contributed by atoms with E-state index >= 15 is 0 Å². The van der Waals surface area contributed by atoms with E-state index in [1.807, 2.05) is 25.1 Å². The van der Waals surface area contributed by atoms with Gasteiger partial charge in [-0.15, -0.1) is 0 Å². The van der Waals surface area contributed by atoms with E-state index in [-0.39, 0.29) is 11.3 Å². The molecular formula is C19H19N3O6. The number of anilines is 1. The second-order valence-corrected chi connectivity index (χ2v) is 5.75. The predicted molar refractivity (Wildman–Crippen MR) is 101 cm³/mol. The lowest BCUT2D eigenvalue weighted by molar-refractivity contribution is -0.384. The zero-order valence-corrected chi connectivity index (χ0v) is 15.1. The highest BCUT2D eigenvalue weighted by molar-refractivity contribution is 5.97. The maximum Gasteiger partial charge on any atom is 0.325 e. The van der Waals surface area contributed by atoms with Gasteiger partial charge in [0.05, 0.1) is 4.92 Å². The summed E-state index contributed by atoms with van der Waals surface area (Å²) in [6.07, 6.45) is 0.822. The quantitative estimate of drug-likeness (QED) is 0.407. The third-order valence-electron chi connectivity index (χ3n) is 3.70. The summed E-state index contributed by atoms with van der Waals surface area (Å²) < 4.78 is 4.81. The number of nitrogens with zero attached hydrogens (tertiary/aromatic N) is 1. The highest BCUT2D eigenvalue weighted by Gasteiger charge is 2.14. The SMILES string of the molecule is CCc1cccc(NC(=O)COC(=O)CNC(=O)c2cccc([N+](=O)[O-])c2)c1. The van der Waals surface area contributed by atoms with E-state index in [2.05, 4.69) is 10.6 Å². The zero-order chi connectivity index (χ0) is 20.5. The van der Waals surface area contributed by atoms with Crippen LogP contribution >= 0.6 is 0 Å². The summed E-state index contributed by atoms with van der Waals surface area (Å²) in [4.78, 5) is 45.6. The van der Waals surface area contributed by atoms with Crippen LogP contribution in [0.2, 0.25) is 0 Å². The second-order valence-electron chi connectivity index (χ2n) is 5.75. The lowest BCUT2D eigenvalue weighted by atomic mass is 10.1. The molecule has 2 rings (SSSR count). The average Bonchev–Trinajstić information content (AvgIpc) is 2.70. The summed E-state index contributed by atoms with van der Waals surface area (Å²) in [6.45, 7) is 1.02. The molecular weight excluding hydrogens is 366 g/mol. The third kappa shape index (κ3) is 6.20. The standard InChI is InChI=1S/C19H19N3O6/c1-2-13-5-3-7-15(9-13)21-17(23)12-28-18(24)11-20-19(25)14-6-4-8-16(10-14)22(26)27/h3-10H,2,11-12H2,1H3,(H,20,25)(H,21,23). The fourth-order valence-corrected chi connectivity index (χ4v) is 2.28. The van der Waals surface area contributed by atoms with E-state index in [0.29, 0.717) is 5.69 Å². The first kappa shape index (κ1) is 20.6. The van der Waals surface area contributed by atoms with Crippen LogP contribution in [0.3, 0.4) is 0 Å². The van der Waals surface area contributed by atoms with E-state index in [1.54, 1.807) is 6.07 Å². The highest BCUT2D eigenvalue weighted by atomic mass is 16.6. The fraction of sp³-hybridized carbons (Fsp3) is 0.211. The summed E-state index contributed by atoms with van der Waals surface area (Å²) in [5, 5.41) is 15.6. The van der Waals surface area contributed by atoms with E-state index in [4.69, 9.17) is 4.74 Å². The molecule has 0 saturated heterocycles. The van der Waals surface area contributed by atoms with Crippen LogP contribution in [0.15, 0.2) is 48.5 Å². The van der Waals surface area contributed by atoms with Gasteiger partial charge in [0, 0.05) is 23.4 Å². The molecule has 0 radical (unpaired) electrons. The molecule has 2 aromatic carbocycles. The Bertz CT molecular complexity index is 897. The van der Waals surface area contributed by atoms with Gasteiger partial charge < -0.3 is 15.4 Å². The Labute approximate surface area is 160 Å². The summed E-state index contributed by atoms with van der Waals surface area (Å²) in [6, 6.07) is 12.4. The second kappa shape index (κ2) is 9.81. The molecule has 0 fully saturated rings. The van der Waals surface area contributed by atoms with Gasteiger partial charge in [-0.2, -0.15) is 0 Å². The third-order valence-corrected chi connectivity index (χ3v) is 3.70. The predicted octanol–water partition coefficient (Wildman–Crippen LogP) is 2.07. The van der Waals surface area contributed by atoms with Crippen molar-refractivity contribution in [2.45, 2.75) is 13.3 Å². The number of aryl methyl sites for hydroxylation is 1. The molecule has 0 atom stereocenters. The monoisotopic (exact) mass is 385 g/mol. The van der Waals surface area contributed by atoms with Crippen molar-refractivity contribution in [1.29, 1.82) is 0 Å². The van der Waals surface area contributed by atoms with Crippen LogP contribution < -0.4 is 10.6 Å². The Hall–Kier alpha value is -3.75. The molecule has 0 aliphatic carbocycles. The molecule has 0 unspecified atom stereocenters. The molecule has 0 spiro atoms. The van der Waals surface area contributed by atoms with Gasteiger partial charge in [0.15, 0.2) is 6.61 Å². The molecule has 9 nitrogen and oxygen atoms in total. The molecule has 9 heteroatoms. The van der Waals surface area contributed by atoms with E-state index in [1.165, 1.54) is 18.2 Å². The van der Waals surface area contributed by atoms with Gasteiger partial charge in [0.2, 0.25) is 0 Å². The number of benzene rings is 2. The summed E-state index contributed by atoms with van der Waals surface area (Å²) in [5.41, 5.74) is 1.45. The smallest absolute Gasteiger partial charge is 0.325 e. The first-order valence-corrected chi connectivity index (χ1v) is 8.46. The Balaban J connectivity index is 1.77. The van der Waals surface area contributed by atoms with E-state index < -0.39 is 35.9 Å². The number of esters is 1. The lowest BCUT2D eigenvalue weighted by Crippen LogP contribution is -2.32. The maximum atomic E-state index is 11.9. The summed E-state index contributed by atoms with van der Waals surface area (Å²) >= 11 is 0. The topological polar surface area (TPSA) is 128 Å². The fourth-order valence-electron chi connectivity index (χ4n) is 2.28. The number of rotatable bonds is 8. The minimum Gasteiger partial charge on any atom is -0.454 e.